The molecule has 0 heterocycles. The number of amides is 1. The third kappa shape index (κ3) is 48.8. The molecule has 0 rings (SSSR count). The van der Waals surface area contributed by atoms with Crippen LogP contribution in [0.15, 0.2) is 24.3 Å². The predicted octanol–water partition coefficient (Wildman–Crippen LogP) is 18.1. The van der Waals surface area contributed by atoms with E-state index in [4.69, 9.17) is 0 Å². The summed E-state index contributed by atoms with van der Waals surface area (Å²) in [6, 6.07) is -0.711. The van der Waals surface area contributed by atoms with Crippen molar-refractivity contribution in [1.82, 2.24) is 5.32 Å². The highest BCUT2D eigenvalue weighted by atomic mass is 16.3. The van der Waals surface area contributed by atoms with Gasteiger partial charge in [0.1, 0.15) is 6.10 Å². The molecule has 64 heavy (non-hydrogen) atoms. The number of carbonyl (C=O) groups excluding carboxylic acids is 1. The van der Waals surface area contributed by atoms with Crippen molar-refractivity contribution in [1.29, 1.82) is 0 Å². The van der Waals surface area contributed by atoms with E-state index >= 15 is 0 Å². The molecule has 0 aromatic carbocycles. The van der Waals surface area contributed by atoms with Crippen molar-refractivity contribution in [2.45, 2.75) is 340 Å². The monoisotopic (exact) mass is 902 g/mol. The Morgan fingerprint density at radius 3 is 0.938 bits per heavy atom. The molecule has 0 fully saturated rings. The maximum Gasteiger partial charge on any atom is 0.249 e. The van der Waals surface area contributed by atoms with E-state index in [0.717, 1.165) is 38.5 Å². The number of carbonyl (C=O) groups is 1. The van der Waals surface area contributed by atoms with Gasteiger partial charge in [0.25, 0.3) is 0 Å². The molecule has 3 unspecified atom stereocenters. The van der Waals surface area contributed by atoms with Crippen LogP contribution in [0.4, 0.5) is 0 Å². The second-order valence-corrected chi connectivity index (χ2v) is 20.2. The van der Waals surface area contributed by atoms with E-state index < -0.39 is 24.2 Å². The molecule has 0 aliphatic carbocycles. The average Bonchev–Trinajstić information content (AvgIpc) is 3.30. The normalized spacial score (nSPS) is 13.4. The van der Waals surface area contributed by atoms with E-state index in [1.165, 1.54) is 257 Å². The van der Waals surface area contributed by atoms with Crippen LogP contribution in [0.1, 0.15) is 322 Å². The number of allylic oxidation sites excluding steroid dienone is 4. The molecule has 3 atom stereocenters. The van der Waals surface area contributed by atoms with Crippen LogP contribution in [0, 0.1) is 0 Å². The fraction of sp³-hybridized carbons (Fsp3) is 0.915. The lowest BCUT2D eigenvalue weighted by Gasteiger charge is -2.23. The van der Waals surface area contributed by atoms with Crippen molar-refractivity contribution in [3.05, 3.63) is 24.3 Å². The van der Waals surface area contributed by atoms with Gasteiger partial charge >= 0.3 is 0 Å². The van der Waals surface area contributed by atoms with Crippen LogP contribution in [0.2, 0.25) is 0 Å². The Hall–Kier alpha value is -1.17. The topological polar surface area (TPSA) is 89.8 Å². The minimum atomic E-state index is -1.07. The van der Waals surface area contributed by atoms with E-state index in [-0.39, 0.29) is 6.61 Å². The standard InChI is InChI=1S/C59H115NO4/c1-3-5-7-9-11-13-15-17-19-21-23-25-26-27-28-29-30-31-32-33-34-36-38-40-42-44-46-48-50-52-54-58(63)59(64)60-56(55-61)57(62)53-51-49-47-45-43-41-39-37-35-24-22-20-18-16-14-12-10-8-6-4-2/h23,25,27-28,56-58,61-63H,3-22,24,26,29-55H2,1-2H3,(H,60,64)/b25-23-,28-27-. The quantitative estimate of drug-likeness (QED) is 0.0362. The number of rotatable bonds is 54. The van der Waals surface area contributed by atoms with Gasteiger partial charge in [-0.25, -0.2) is 0 Å². The van der Waals surface area contributed by atoms with Gasteiger partial charge in [0.15, 0.2) is 0 Å². The largest absolute Gasteiger partial charge is 0.394 e. The number of unbranched alkanes of at least 4 members (excludes halogenated alkanes) is 42. The minimum Gasteiger partial charge on any atom is -0.394 e. The molecule has 0 spiro atoms. The Labute approximate surface area is 401 Å². The summed E-state index contributed by atoms with van der Waals surface area (Å²) >= 11 is 0. The summed E-state index contributed by atoms with van der Waals surface area (Å²) in [6.45, 7) is 4.27. The number of aliphatic hydroxyl groups is 3. The Morgan fingerprint density at radius 2 is 0.641 bits per heavy atom. The van der Waals surface area contributed by atoms with Crippen molar-refractivity contribution >= 4 is 5.91 Å². The lowest BCUT2D eigenvalue weighted by Crippen LogP contribution is -2.49. The van der Waals surface area contributed by atoms with Crippen LogP contribution in [-0.4, -0.2) is 46.1 Å². The summed E-state index contributed by atoms with van der Waals surface area (Å²) in [5, 5.41) is 33.6. The smallest absolute Gasteiger partial charge is 0.249 e. The molecule has 0 saturated carbocycles. The lowest BCUT2D eigenvalue weighted by molar-refractivity contribution is -0.131. The van der Waals surface area contributed by atoms with Gasteiger partial charge in [0.2, 0.25) is 5.91 Å². The molecule has 0 bridgehead atoms. The van der Waals surface area contributed by atoms with Gasteiger partial charge in [0, 0.05) is 0 Å². The summed E-state index contributed by atoms with van der Waals surface area (Å²) in [5.41, 5.74) is 0. The molecule has 4 N–H and O–H groups in total. The van der Waals surface area contributed by atoms with E-state index in [1.54, 1.807) is 0 Å². The second kappa shape index (κ2) is 54.4. The number of nitrogens with one attached hydrogen (secondary N) is 1. The number of aliphatic hydroxyl groups excluding tert-OH is 3. The summed E-state index contributed by atoms with van der Waals surface area (Å²) in [5.74, 6) is -0.466. The highest BCUT2D eigenvalue weighted by molar-refractivity contribution is 5.80. The zero-order valence-corrected chi connectivity index (χ0v) is 43.4. The summed E-state index contributed by atoms with van der Waals surface area (Å²) in [7, 11) is 0. The predicted molar refractivity (Wildman–Crippen MR) is 282 cm³/mol. The van der Waals surface area contributed by atoms with Gasteiger partial charge < -0.3 is 20.6 Å². The summed E-state index contributed by atoms with van der Waals surface area (Å²) in [4.78, 5) is 12.6. The van der Waals surface area contributed by atoms with Crippen LogP contribution in [0.25, 0.3) is 0 Å². The van der Waals surface area contributed by atoms with Gasteiger partial charge in [0.05, 0.1) is 18.8 Å². The maximum atomic E-state index is 12.6. The summed E-state index contributed by atoms with van der Waals surface area (Å²) in [6.07, 6.45) is 69.4. The first-order chi connectivity index (χ1) is 31.6. The van der Waals surface area contributed by atoms with Crippen LogP contribution >= 0.6 is 0 Å². The number of hydrogen-bond donors (Lipinski definition) is 4. The van der Waals surface area contributed by atoms with Gasteiger partial charge in [-0.3, -0.25) is 4.79 Å². The van der Waals surface area contributed by atoms with Gasteiger partial charge in [-0.05, 0) is 44.9 Å². The van der Waals surface area contributed by atoms with E-state index in [1.807, 2.05) is 0 Å². The summed E-state index contributed by atoms with van der Waals surface area (Å²) < 4.78 is 0. The van der Waals surface area contributed by atoms with Crippen LogP contribution in [0.3, 0.4) is 0 Å². The molecule has 0 saturated heterocycles. The third-order valence-electron chi connectivity index (χ3n) is 13.8. The highest BCUT2D eigenvalue weighted by Gasteiger charge is 2.23. The maximum absolute atomic E-state index is 12.6. The fourth-order valence-electron chi connectivity index (χ4n) is 9.28. The van der Waals surface area contributed by atoms with Crippen LogP contribution < -0.4 is 5.32 Å². The van der Waals surface area contributed by atoms with Crippen molar-refractivity contribution < 1.29 is 20.1 Å². The molecule has 0 radical (unpaired) electrons. The molecule has 5 heteroatoms. The molecular formula is C59H115NO4. The van der Waals surface area contributed by atoms with E-state index in [0.29, 0.717) is 12.8 Å². The zero-order chi connectivity index (χ0) is 46.5. The highest BCUT2D eigenvalue weighted by Crippen LogP contribution is 2.18. The molecule has 5 nitrogen and oxygen atoms in total. The van der Waals surface area contributed by atoms with Gasteiger partial charge in [-0.1, -0.05) is 301 Å². The lowest BCUT2D eigenvalue weighted by atomic mass is 10.0. The molecule has 0 aliphatic heterocycles. The molecular weight excluding hydrogens is 787 g/mol. The van der Waals surface area contributed by atoms with Crippen molar-refractivity contribution in [2.24, 2.45) is 0 Å². The van der Waals surface area contributed by atoms with Crippen molar-refractivity contribution in [2.75, 3.05) is 6.61 Å². The first kappa shape index (κ1) is 62.8. The van der Waals surface area contributed by atoms with Crippen LogP contribution in [-0.2, 0) is 4.79 Å². The third-order valence-corrected chi connectivity index (χ3v) is 13.8. The fourth-order valence-corrected chi connectivity index (χ4v) is 9.28. The molecule has 1 amide bonds. The molecule has 0 aromatic heterocycles. The zero-order valence-electron chi connectivity index (χ0n) is 43.4. The van der Waals surface area contributed by atoms with Gasteiger partial charge in [-0.15, -0.1) is 0 Å². The number of hydrogen-bond acceptors (Lipinski definition) is 4. The van der Waals surface area contributed by atoms with Crippen molar-refractivity contribution in [3.8, 4) is 0 Å². The Balaban J connectivity index is 3.51. The Kier molecular flexibility index (Phi) is 53.4. The SMILES string of the molecule is CCCCCCCCCCC/C=C\C/C=C\CCCCCCCCCCCCCCCCC(O)C(=O)NC(CO)C(O)CCCCCCCCCCCCCCCCCCCCCC. The average molecular weight is 903 g/mol. The van der Waals surface area contributed by atoms with Crippen LogP contribution in [0.5, 0.6) is 0 Å². The first-order valence-corrected chi connectivity index (χ1v) is 29.1. The molecule has 380 valence electrons. The van der Waals surface area contributed by atoms with E-state index in [9.17, 15) is 20.1 Å². The Bertz CT molecular complexity index is 951. The minimum absolute atomic E-state index is 0.311. The van der Waals surface area contributed by atoms with Crippen molar-refractivity contribution in [3.63, 3.8) is 0 Å². The first-order valence-electron chi connectivity index (χ1n) is 29.1. The molecule has 0 aliphatic rings. The van der Waals surface area contributed by atoms with Gasteiger partial charge in [-0.2, -0.15) is 0 Å². The van der Waals surface area contributed by atoms with E-state index in [2.05, 4.69) is 43.5 Å². The second-order valence-electron chi connectivity index (χ2n) is 20.2. The Morgan fingerprint density at radius 1 is 0.375 bits per heavy atom. The molecule has 0 aromatic rings.